The minimum absolute atomic E-state index is 0.0724. The minimum atomic E-state index is -0.242. The van der Waals surface area contributed by atoms with Gasteiger partial charge in [0.2, 0.25) is 0 Å². The number of aryl methyl sites for hydroxylation is 1. The van der Waals surface area contributed by atoms with E-state index in [1.54, 1.807) is 13.8 Å². The Morgan fingerprint density at radius 2 is 2.46 bits per heavy atom. The SMILES string of the molecule is Cc1nnsc1C(=O)N[C@H](C)CO. The summed E-state index contributed by atoms with van der Waals surface area (Å²) in [6, 6.07) is -0.242. The van der Waals surface area contributed by atoms with Crippen molar-refractivity contribution < 1.29 is 9.90 Å². The molecule has 1 rings (SSSR count). The highest BCUT2D eigenvalue weighted by Gasteiger charge is 2.14. The van der Waals surface area contributed by atoms with Gasteiger partial charge in [-0.05, 0) is 25.4 Å². The number of hydrogen-bond donors (Lipinski definition) is 2. The van der Waals surface area contributed by atoms with Crippen LogP contribution in [0, 0.1) is 6.92 Å². The number of aliphatic hydroxyl groups excluding tert-OH is 1. The van der Waals surface area contributed by atoms with Crippen LogP contribution >= 0.6 is 11.5 Å². The minimum Gasteiger partial charge on any atom is -0.394 e. The largest absolute Gasteiger partial charge is 0.394 e. The molecule has 0 unspecified atom stereocenters. The summed E-state index contributed by atoms with van der Waals surface area (Å²) in [5.41, 5.74) is 0.618. The zero-order chi connectivity index (χ0) is 9.84. The van der Waals surface area contributed by atoms with Gasteiger partial charge in [-0.15, -0.1) is 5.10 Å². The number of carbonyl (C=O) groups excluding carboxylic acids is 1. The first kappa shape index (κ1) is 10.1. The van der Waals surface area contributed by atoms with Gasteiger partial charge >= 0.3 is 0 Å². The molecule has 0 aliphatic carbocycles. The molecule has 0 spiro atoms. The van der Waals surface area contributed by atoms with E-state index in [4.69, 9.17) is 5.11 Å². The van der Waals surface area contributed by atoms with Crippen molar-refractivity contribution >= 4 is 17.4 Å². The topological polar surface area (TPSA) is 75.1 Å². The lowest BCUT2D eigenvalue weighted by Gasteiger charge is -2.08. The second-order valence-corrected chi connectivity index (χ2v) is 3.50. The molecule has 72 valence electrons. The predicted octanol–water partition coefficient (Wildman–Crippen LogP) is -0.0429. The standard InChI is InChI=1S/C7H11N3O2S/c1-4(3-11)8-7(12)6-5(2)9-10-13-6/h4,11H,3H2,1-2H3,(H,8,12)/t4-/m1/s1. The molecule has 6 heteroatoms. The first-order valence-corrected chi connectivity index (χ1v) is 4.63. The van der Waals surface area contributed by atoms with E-state index in [0.717, 1.165) is 11.5 Å². The Morgan fingerprint density at radius 1 is 1.77 bits per heavy atom. The third-order valence-corrected chi connectivity index (χ3v) is 2.34. The van der Waals surface area contributed by atoms with Crippen molar-refractivity contribution in [3.63, 3.8) is 0 Å². The molecule has 0 saturated carbocycles. The third-order valence-electron chi connectivity index (χ3n) is 1.51. The van der Waals surface area contributed by atoms with Gasteiger partial charge in [-0.1, -0.05) is 4.49 Å². The van der Waals surface area contributed by atoms with Gasteiger partial charge in [0.15, 0.2) is 0 Å². The zero-order valence-electron chi connectivity index (χ0n) is 7.44. The summed E-state index contributed by atoms with van der Waals surface area (Å²) in [7, 11) is 0. The quantitative estimate of drug-likeness (QED) is 0.719. The van der Waals surface area contributed by atoms with Gasteiger partial charge in [-0.2, -0.15) is 0 Å². The van der Waals surface area contributed by atoms with Crippen molar-refractivity contribution in [2.45, 2.75) is 19.9 Å². The average molecular weight is 201 g/mol. The maximum absolute atomic E-state index is 11.4. The Balaban J connectivity index is 2.64. The molecule has 0 fully saturated rings. The molecule has 0 aliphatic heterocycles. The van der Waals surface area contributed by atoms with Gasteiger partial charge in [-0.25, -0.2) is 0 Å². The molecule has 1 heterocycles. The van der Waals surface area contributed by atoms with Crippen molar-refractivity contribution in [3.8, 4) is 0 Å². The first-order valence-electron chi connectivity index (χ1n) is 3.85. The Hall–Kier alpha value is -1.01. The van der Waals surface area contributed by atoms with E-state index in [-0.39, 0.29) is 18.6 Å². The Kier molecular flexibility index (Phi) is 3.32. The molecular weight excluding hydrogens is 190 g/mol. The van der Waals surface area contributed by atoms with E-state index >= 15 is 0 Å². The zero-order valence-corrected chi connectivity index (χ0v) is 8.26. The van der Waals surface area contributed by atoms with E-state index in [9.17, 15) is 4.79 Å². The molecule has 0 aromatic carbocycles. The lowest BCUT2D eigenvalue weighted by molar-refractivity contribution is 0.0925. The van der Waals surface area contributed by atoms with E-state index in [2.05, 4.69) is 14.9 Å². The molecule has 1 amide bonds. The highest BCUT2D eigenvalue weighted by molar-refractivity contribution is 7.07. The van der Waals surface area contributed by atoms with Crippen molar-refractivity contribution in [2.24, 2.45) is 0 Å². The Labute approximate surface area is 80.0 Å². The monoisotopic (exact) mass is 201 g/mol. The van der Waals surface area contributed by atoms with Crippen LogP contribution in [0.4, 0.5) is 0 Å². The molecule has 0 radical (unpaired) electrons. The Bertz CT molecular complexity index is 300. The highest BCUT2D eigenvalue weighted by Crippen LogP contribution is 2.08. The molecule has 0 saturated heterocycles. The van der Waals surface area contributed by atoms with E-state index in [1.807, 2.05) is 0 Å². The van der Waals surface area contributed by atoms with Gasteiger partial charge in [0.05, 0.1) is 12.3 Å². The van der Waals surface area contributed by atoms with Crippen LogP contribution in [-0.2, 0) is 0 Å². The van der Waals surface area contributed by atoms with Gasteiger partial charge in [0.1, 0.15) is 4.88 Å². The molecular formula is C7H11N3O2S. The van der Waals surface area contributed by atoms with Crippen LogP contribution in [0.2, 0.25) is 0 Å². The summed E-state index contributed by atoms with van der Waals surface area (Å²) in [6.07, 6.45) is 0. The molecule has 1 aromatic rings. The normalized spacial score (nSPS) is 12.5. The van der Waals surface area contributed by atoms with Crippen LogP contribution in [0.1, 0.15) is 22.3 Å². The predicted molar refractivity (Wildman–Crippen MR) is 48.7 cm³/mol. The lowest BCUT2D eigenvalue weighted by Crippen LogP contribution is -2.34. The van der Waals surface area contributed by atoms with Gasteiger partial charge in [0, 0.05) is 6.04 Å². The highest BCUT2D eigenvalue weighted by atomic mass is 32.1. The Morgan fingerprint density at radius 3 is 2.92 bits per heavy atom. The van der Waals surface area contributed by atoms with Crippen molar-refractivity contribution in [1.82, 2.24) is 14.9 Å². The molecule has 5 nitrogen and oxygen atoms in total. The molecule has 13 heavy (non-hydrogen) atoms. The van der Waals surface area contributed by atoms with Gasteiger partial charge in [0.25, 0.3) is 5.91 Å². The van der Waals surface area contributed by atoms with Crippen LogP contribution in [0.3, 0.4) is 0 Å². The number of rotatable bonds is 3. The summed E-state index contributed by atoms with van der Waals surface area (Å²) < 4.78 is 3.64. The molecule has 0 bridgehead atoms. The van der Waals surface area contributed by atoms with Gasteiger partial charge < -0.3 is 10.4 Å². The number of amides is 1. The molecule has 1 atom stereocenters. The summed E-state index contributed by atoms with van der Waals surface area (Å²) in [5, 5.41) is 15.0. The van der Waals surface area contributed by atoms with Crippen LogP contribution in [0.15, 0.2) is 0 Å². The van der Waals surface area contributed by atoms with Crippen molar-refractivity contribution in [2.75, 3.05) is 6.61 Å². The number of hydrogen-bond acceptors (Lipinski definition) is 5. The number of nitrogens with one attached hydrogen (secondary N) is 1. The number of aromatic nitrogens is 2. The van der Waals surface area contributed by atoms with Crippen LogP contribution in [0.25, 0.3) is 0 Å². The number of nitrogens with zero attached hydrogens (tertiary/aromatic N) is 2. The van der Waals surface area contributed by atoms with E-state index in [1.165, 1.54) is 0 Å². The molecule has 2 N–H and O–H groups in total. The summed E-state index contributed by atoms with van der Waals surface area (Å²) >= 11 is 1.06. The van der Waals surface area contributed by atoms with Crippen LogP contribution < -0.4 is 5.32 Å². The van der Waals surface area contributed by atoms with Gasteiger partial charge in [-0.3, -0.25) is 4.79 Å². The van der Waals surface area contributed by atoms with Crippen molar-refractivity contribution in [3.05, 3.63) is 10.6 Å². The fraction of sp³-hybridized carbons (Fsp3) is 0.571. The lowest BCUT2D eigenvalue weighted by atomic mass is 10.3. The first-order chi connectivity index (χ1) is 6.15. The summed E-state index contributed by atoms with van der Waals surface area (Å²) in [6.45, 7) is 3.38. The molecule has 0 aliphatic rings. The maximum Gasteiger partial charge on any atom is 0.265 e. The second-order valence-electron chi connectivity index (χ2n) is 2.74. The third kappa shape index (κ3) is 2.46. The average Bonchev–Trinajstić information content (AvgIpc) is 2.51. The molecule has 1 aromatic heterocycles. The van der Waals surface area contributed by atoms with E-state index in [0.29, 0.717) is 10.6 Å². The van der Waals surface area contributed by atoms with Crippen molar-refractivity contribution in [1.29, 1.82) is 0 Å². The second kappa shape index (κ2) is 4.29. The fourth-order valence-corrected chi connectivity index (χ4v) is 1.33. The van der Waals surface area contributed by atoms with E-state index < -0.39 is 0 Å². The maximum atomic E-state index is 11.4. The van der Waals surface area contributed by atoms with Crippen LogP contribution in [0.5, 0.6) is 0 Å². The number of aliphatic hydroxyl groups is 1. The number of carbonyl (C=O) groups is 1. The summed E-state index contributed by atoms with van der Waals surface area (Å²) in [4.78, 5) is 11.9. The smallest absolute Gasteiger partial charge is 0.265 e. The van der Waals surface area contributed by atoms with Crippen LogP contribution in [-0.4, -0.2) is 33.2 Å². The summed E-state index contributed by atoms with van der Waals surface area (Å²) in [5.74, 6) is -0.228. The fourth-order valence-electron chi connectivity index (χ4n) is 0.775.